The summed E-state index contributed by atoms with van der Waals surface area (Å²) in [6.07, 6.45) is 2.60. The Labute approximate surface area is 215 Å². The van der Waals surface area contributed by atoms with Crippen molar-refractivity contribution in [3.63, 3.8) is 0 Å². The minimum absolute atomic E-state index is 0.0359. The molecule has 0 aliphatic carbocycles. The smallest absolute Gasteiger partial charge is 0.263 e. The molecule has 182 valence electrons. The highest BCUT2D eigenvalue weighted by Gasteiger charge is 2.33. The molecule has 6 nitrogen and oxygen atoms in total. The van der Waals surface area contributed by atoms with Gasteiger partial charge in [0.1, 0.15) is 5.03 Å². The first-order chi connectivity index (χ1) is 16.5. The first-order valence-electron chi connectivity index (χ1n) is 11.8. The zero-order chi connectivity index (χ0) is 25.0. The van der Waals surface area contributed by atoms with Crippen LogP contribution in [0.1, 0.15) is 61.7 Å². The van der Waals surface area contributed by atoms with Crippen molar-refractivity contribution >= 4 is 46.6 Å². The maximum absolute atomic E-state index is 13.5. The van der Waals surface area contributed by atoms with E-state index in [9.17, 15) is 4.79 Å². The third kappa shape index (κ3) is 4.53. The van der Waals surface area contributed by atoms with Gasteiger partial charge in [0.25, 0.3) is 5.91 Å². The van der Waals surface area contributed by atoms with Gasteiger partial charge in [-0.3, -0.25) is 9.69 Å². The summed E-state index contributed by atoms with van der Waals surface area (Å²) in [6.45, 7) is 11.7. The first-order valence-corrected chi connectivity index (χ1v) is 13.2. The van der Waals surface area contributed by atoms with Crippen molar-refractivity contribution < 1.29 is 4.79 Å². The number of rotatable bonds is 3. The number of halogens is 1. The van der Waals surface area contributed by atoms with Gasteiger partial charge in [0.05, 0.1) is 22.2 Å². The lowest BCUT2D eigenvalue weighted by atomic mass is 9.85. The summed E-state index contributed by atoms with van der Waals surface area (Å²) in [5.41, 5.74) is 5.68. The van der Waals surface area contributed by atoms with Crippen LogP contribution in [0.3, 0.4) is 0 Å². The highest BCUT2D eigenvalue weighted by molar-refractivity contribution is 7.99. The topological polar surface area (TPSA) is 70.2 Å². The normalized spacial score (nSPS) is 17.1. The van der Waals surface area contributed by atoms with Crippen molar-refractivity contribution in [2.45, 2.75) is 57.0 Å². The highest BCUT2D eigenvalue weighted by Crippen LogP contribution is 2.41. The summed E-state index contributed by atoms with van der Waals surface area (Å²) in [5, 5.41) is 8.13. The second-order valence-electron chi connectivity index (χ2n) is 10.6. The van der Waals surface area contributed by atoms with Crippen LogP contribution in [-0.4, -0.2) is 28.3 Å². The number of fused-ring (bicyclic) bond motifs is 2. The largest absolute Gasteiger partial charge is 0.324 e. The molecular formula is C27H30ClN5OS. The van der Waals surface area contributed by atoms with E-state index in [2.05, 4.69) is 73.4 Å². The summed E-state index contributed by atoms with van der Waals surface area (Å²) in [6, 6.07) is 12.2. The molecule has 1 aromatic heterocycles. The number of nitrogens with zero attached hydrogens (tertiary/aromatic N) is 3. The fourth-order valence-electron chi connectivity index (χ4n) is 4.80. The molecule has 0 bridgehead atoms. The molecule has 0 atom stereocenters. The van der Waals surface area contributed by atoms with E-state index in [1.165, 1.54) is 22.9 Å². The molecule has 5 rings (SSSR count). The van der Waals surface area contributed by atoms with Gasteiger partial charge in [-0.15, -0.1) is 0 Å². The molecule has 0 saturated heterocycles. The van der Waals surface area contributed by atoms with Gasteiger partial charge in [-0.2, -0.15) is 0 Å². The van der Waals surface area contributed by atoms with Gasteiger partial charge in [-0.1, -0.05) is 62.3 Å². The summed E-state index contributed by atoms with van der Waals surface area (Å²) in [4.78, 5) is 24.4. The van der Waals surface area contributed by atoms with E-state index in [4.69, 9.17) is 11.6 Å². The number of carbonyl (C=O) groups excluding carboxylic acids is 1. The molecule has 2 aromatic carbocycles. The molecule has 3 aromatic rings. The molecule has 3 heterocycles. The van der Waals surface area contributed by atoms with Gasteiger partial charge in [0, 0.05) is 17.4 Å². The van der Waals surface area contributed by atoms with Gasteiger partial charge in [-0.05, 0) is 67.1 Å². The van der Waals surface area contributed by atoms with Gasteiger partial charge in [0.15, 0.2) is 0 Å². The third-order valence-electron chi connectivity index (χ3n) is 6.62. The Hall–Kier alpha value is -2.61. The Balaban J connectivity index is 1.41. The number of thioether (sulfide) groups is 1. The molecule has 2 aliphatic heterocycles. The fourth-order valence-corrected chi connectivity index (χ4v) is 6.02. The number of anilines is 3. The Morgan fingerprint density at radius 2 is 2.00 bits per heavy atom. The maximum atomic E-state index is 13.5. The summed E-state index contributed by atoms with van der Waals surface area (Å²) in [7, 11) is 0. The van der Waals surface area contributed by atoms with Crippen LogP contribution >= 0.6 is 23.4 Å². The molecule has 8 heteroatoms. The SMILES string of the molecule is CC(C)(C)c1cccc(Cl)c1N1CSc2nc(Nc3ccc4c(c3)CCNC4(C)C)ncc2C1=O. The quantitative estimate of drug-likeness (QED) is 0.407. The first kappa shape index (κ1) is 24.1. The predicted molar refractivity (Wildman–Crippen MR) is 144 cm³/mol. The van der Waals surface area contributed by atoms with E-state index in [0.717, 1.165) is 29.9 Å². The van der Waals surface area contributed by atoms with Crippen molar-refractivity contribution in [3.05, 3.63) is 69.9 Å². The van der Waals surface area contributed by atoms with Crippen molar-refractivity contribution in [2.24, 2.45) is 0 Å². The number of hydrogen-bond acceptors (Lipinski definition) is 6. The summed E-state index contributed by atoms with van der Waals surface area (Å²) >= 11 is 8.11. The standard InChI is InChI=1S/C27H30ClN5OS/c1-26(2,3)20-7-6-8-21(28)22(20)33-15-35-23-18(24(33)34)14-29-25(32-23)31-17-9-10-19-16(13-17)11-12-30-27(19,4)5/h6-10,13-14,30H,11-12,15H2,1-5H3,(H,29,31,32). The molecule has 0 radical (unpaired) electrons. The van der Waals surface area contributed by atoms with Crippen LogP contribution in [0.4, 0.5) is 17.3 Å². The number of benzene rings is 2. The number of amides is 1. The zero-order valence-electron chi connectivity index (χ0n) is 20.7. The summed E-state index contributed by atoms with van der Waals surface area (Å²) < 4.78 is 0. The average molecular weight is 508 g/mol. The van der Waals surface area contributed by atoms with Gasteiger partial charge in [-0.25, -0.2) is 9.97 Å². The average Bonchev–Trinajstić information content (AvgIpc) is 2.79. The second-order valence-corrected chi connectivity index (χ2v) is 11.9. The van der Waals surface area contributed by atoms with E-state index in [1.807, 2.05) is 18.2 Å². The van der Waals surface area contributed by atoms with Crippen molar-refractivity contribution in [1.29, 1.82) is 0 Å². The van der Waals surface area contributed by atoms with E-state index in [-0.39, 0.29) is 16.9 Å². The van der Waals surface area contributed by atoms with E-state index >= 15 is 0 Å². The van der Waals surface area contributed by atoms with Crippen LogP contribution in [0.5, 0.6) is 0 Å². The lowest BCUT2D eigenvalue weighted by Gasteiger charge is -2.34. The lowest BCUT2D eigenvalue weighted by Crippen LogP contribution is -2.42. The number of carbonyl (C=O) groups is 1. The van der Waals surface area contributed by atoms with Crippen LogP contribution in [0.15, 0.2) is 47.6 Å². The monoisotopic (exact) mass is 507 g/mol. The van der Waals surface area contributed by atoms with Crippen LogP contribution in [0.25, 0.3) is 0 Å². The van der Waals surface area contributed by atoms with Gasteiger partial charge in [0.2, 0.25) is 5.95 Å². The minimum Gasteiger partial charge on any atom is -0.324 e. The van der Waals surface area contributed by atoms with Gasteiger partial charge >= 0.3 is 0 Å². The minimum atomic E-state index is -0.157. The van der Waals surface area contributed by atoms with Crippen LogP contribution in [0.2, 0.25) is 5.02 Å². The van der Waals surface area contributed by atoms with E-state index in [1.54, 1.807) is 11.1 Å². The van der Waals surface area contributed by atoms with E-state index < -0.39 is 0 Å². The molecule has 1 amide bonds. The third-order valence-corrected chi connectivity index (χ3v) is 7.90. The lowest BCUT2D eigenvalue weighted by molar-refractivity contribution is 0.0985. The van der Waals surface area contributed by atoms with Gasteiger partial charge < -0.3 is 10.6 Å². The second kappa shape index (κ2) is 8.80. The Morgan fingerprint density at radius 3 is 2.77 bits per heavy atom. The number of aromatic nitrogens is 2. The van der Waals surface area contributed by atoms with Crippen molar-refractivity contribution in [3.8, 4) is 0 Å². The number of nitrogens with one attached hydrogen (secondary N) is 2. The molecule has 0 spiro atoms. The Morgan fingerprint density at radius 1 is 1.20 bits per heavy atom. The molecular weight excluding hydrogens is 478 g/mol. The van der Waals surface area contributed by atoms with Crippen LogP contribution in [-0.2, 0) is 17.4 Å². The molecule has 0 saturated carbocycles. The fraction of sp³-hybridized carbons (Fsp3) is 0.370. The van der Waals surface area contributed by atoms with E-state index in [0.29, 0.717) is 27.4 Å². The molecule has 2 aliphatic rings. The van der Waals surface area contributed by atoms with Crippen LogP contribution < -0.4 is 15.5 Å². The van der Waals surface area contributed by atoms with Crippen LogP contribution in [0, 0.1) is 0 Å². The summed E-state index contributed by atoms with van der Waals surface area (Å²) in [5.74, 6) is 0.793. The molecule has 0 fully saturated rings. The highest BCUT2D eigenvalue weighted by atomic mass is 35.5. The molecule has 35 heavy (non-hydrogen) atoms. The maximum Gasteiger partial charge on any atom is 0.263 e. The molecule has 2 N–H and O–H groups in total. The van der Waals surface area contributed by atoms with Crippen molar-refractivity contribution in [1.82, 2.24) is 15.3 Å². The zero-order valence-corrected chi connectivity index (χ0v) is 22.3. The predicted octanol–water partition coefficient (Wildman–Crippen LogP) is 6.26. The Bertz CT molecular complexity index is 1320. The number of para-hydroxylation sites is 1. The van der Waals surface area contributed by atoms with Crippen molar-refractivity contribution in [2.75, 3.05) is 22.6 Å². The Kier molecular flexibility index (Phi) is 6.06. The number of hydrogen-bond donors (Lipinski definition) is 2. The molecule has 0 unspecified atom stereocenters.